The Morgan fingerprint density at radius 3 is 2.48 bits per heavy atom. The number of ether oxygens (including phenoxy) is 1. The van der Waals surface area contributed by atoms with Gasteiger partial charge in [0.05, 0.1) is 6.61 Å². The van der Waals surface area contributed by atoms with Gasteiger partial charge in [-0.3, -0.25) is 4.79 Å². The molecule has 1 aromatic carbocycles. The topological polar surface area (TPSA) is 75.6 Å². The zero-order valence-electron chi connectivity index (χ0n) is 12.6. The van der Waals surface area contributed by atoms with Crippen LogP contribution < -0.4 is 5.32 Å². The molecule has 0 aliphatic rings. The monoisotopic (exact) mass is 293 g/mol. The van der Waals surface area contributed by atoms with E-state index in [1.54, 1.807) is 0 Å². The maximum absolute atomic E-state index is 11.6. The van der Waals surface area contributed by atoms with E-state index in [0.717, 1.165) is 5.56 Å². The van der Waals surface area contributed by atoms with Gasteiger partial charge in [-0.2, -0.15) is 0 Å². The molecule has 0 saturated carbocycles. The van der Waals surface area contributed by atoms with Gasteiger partial charge in [-0.25, -0.2) is 4.79 Å². The zero-order valence-corrected chi connectivity index (χ0v) is 12.6. The predicted molar refractivity (Wildman–Crippen MR) is 80.3 cm³/mol. The molecule has 2 N–H and O–H groups in total. The molecule has 5 heteroatoms. The van der Waals surface area contributed by atoms with Crippen molar-refractivity contribution in [3.8, 4) is 0 Å². The van der Waals surface area contributed by atoms with Crippen molar-refractivity contribution in [1.82, 2.24) is 5.32 Å². The summed E-state index contributed by atoms with van der Waals surface area (Å²) < 4.78 is 4.83. The fourth-order valence-electron chi connectivity index (χ4n) is 1.84. The largest absolute Gasteiger partial charge is 0.480 e. The van der Waals surface area contributed by atoms with Gasteiger partial charge in [0.15, 0.2) is 0 Å². The van der Waals surface area contributed by atoms with E-state index in [1.807, 2.05) is 0 Å². The molecule has 0 fully saturated rings. The van der Waals surface area contributed by atoms with Crippen LogP contribution in [0.25, 0.3) is 0 Å². The minimum atomic E-state index is -1.01. The quantitative estimate of drug-likeness (QED) is 0.682. The second kappa shape index (κ2) is 9.13. The molecule has 0 atom stereocenters. The van der Waals surface area contributed by atoms with Crippen LogP contribution in [-0.2, 0) is 20.7 Å². The van der Waals surface area contributed by atoms with Crippen molar-refractivity contribution >= 4 is 11.9 Å². The highest BCUT2D eigenvalue weighted by atomic mass is 16.5. The maximum atomic E-state index is 11.6. The number of carbonyl (C=O) groups excluding carboxylic acids is 1. The summed E-state index contributed by atoms with van der Waals surface area (Å²) in [5, 5.41) is 11.1. The Labute approximate surface area is 125 Å². The van der Waals surface area contributed by atoms with Gasteiger partial charge in [0.1, 0.15) is 6.61 Å². The van der Waals surface area contributed by atoms with Crippen molar-refractivity contribution in [3.63, 3.8) is 0 Å². The van der Waals surface area contributed by atoms with Crippen LogP contribution in [0, 0.1) is 0 Å². The van der Waals surface area contributed by atoms with Crippen LogP contribution in [0.4, 0.5) is 0 Å². The predicted octanol–water partition coefficient (Wildman–Crippen LogP) is 1.96. The lowest BCUT2D eigenvalue weighted by Gasteiger charge is -2.07. The van der Waals surface area contributed by atoms with Gasteiger partial charge in [0, 0.05) is 13.0 Å². The highest BCUT2D eigenvalue weighted by Gasteiger charge is 2.03. The number of amides is 1. The van der Waals surface area contributed by atoms with Gasteiger partial charge < -0.3 is 15.2 Å². The van der Waals surface area contributed by atoms with E-state index in [0.29, 0.717) is 25.3 Å². The molecule has 0 aromatic heterocycles. The molecule has 1 aromatic rings. The van der Waals surface area contributed by atoms with Gasteiger partial charge in [-0.1, -0.05) is 38.1 Å². The Balaban J connectivity index is 2.19. The van der Waals surface area contributed by atoms with E-state index in [9.17, 15) is 9.59 Å². The lowest BCUT2D eigenvalue weighted by Crippen LogP contribution is -2.28. The molecular weight excluding hydrogens is 270 g/mol. The molecular formula is C16H23NO4. The lowest BCUT2D eigenvalue weighted by molar-refractivity contribution is -0.142. The first kappa shape index (κ1) is 17.2. The van der Waals surface area contributed by atoms with Crippen LogP contribution in [0.5, 0.6) is 0 Å². The molecule has 0 spiro atoms. The number of aliphatic carboxylic acids is 1. The molecule has 21 heavy (non-hydrogen) atoms. The van der Waals surface area contributed by atoms with Crippen LogP contribution in [-0.4, -0.2) is 36.7 Å². The summed E-state index contributed by atoms with van der Waals surface area (Å²) in [4.78, 5) is 21.8. The number of hydrogen-bond donors (Lipinski definition) is 2. The van der Waals surface area contributed by atoms with Crippen molar-refractivity contribution in [2.45, 2.75) is 32.6 Å². The Bertz CT molecular complexity index is 454. The van der Waals surface area contributed by atoms with Crippen LogP contribution >= 0.6 is 0 Å². The Morgan fingerprint density at radius 2 is 1.90 bits per heavy atom. The Kier molecular flexibility index (Phi) is 7.46. The maximum Gasteiger partial charge on any atom is 0.329 e. The second-order valence-electron chi connectivity index (χ2n) is 5.19. The second-order valence-corrected chi connectivity index (χ2v) is 5.19. The third kappa shape index (κ3) is 7.46. The van der Waals surface area contributed by atoms with Gasteiger partial charge in [-0.15, -0.1) is 0 Å². The van der Waals surface area contributed by atoms with Gasteiger partial charge >= 0.3 is 5.97 Å². The van der Waals surface area contributed by atoms with E-state index in [2.05, 4.69) is 43.4 Å². The minimum absolute atomic E-state index is 0.0538. The molecule has 1 rings (SSSR count). The van der Waals surface area contributed by atoms with E-state index in [-0.39, 0.29) is 19.1 Å². The van der Waals surface area contributed by atoms with Crippen molar-refractivity contribution in [3.05, 3.63) is 35.4 Å². The molecule has 116 valence electrons. The highest BCUT2D eigenvalue weighted by Crippen LogP contribution is 2.15. The fraction of sp³-hybridized carbons (Fsp3) is 0.500. The number of carboxylic acid groups (broad SMARTS) is 1. The minimum Gasteiger partial charge on any atom is -0.480 e. The average molecular weight is 293 g/mol. The number of carboxylic acids is 1. The molecule has 0 unspecified atom stereocenters. The van der Waals surface area contributed by atoms with Gasteiger partial charge in [0.25, 0.3) is 0 Å². The van der Waals surface area contributed by atoms with Crippen molar-refractivity contribution < 1.29 is 19.4 Å². The first-order valence-electron chi connectivity index (χ1n) is 7.14. The third-order valence-corrected chi connectivity index (χ3v) is 3.08. The number of nitrogens with one attached hydrogen (secondary N) is 1. The van der Waals surface area contributed by atoms with Crippen molar-refractivity contribution in [2.75, 3.05) is 19.8 Å². The number of hydrogen-bond acceptors (Lipinski definition) is 3. The lowest BCUT2D eigenvalue weighted by atomic mass is 10.0. The van der Waals surface area contributed by atoms with Crippen LogP contribution in [0.2, 0.25) is 0 Å². The summed E-state index contributed by atoms with van der Waals surface area (Å²) in [5.74, 6) is -0.554. The molecule has 0 aliphatic heterocycles. The van der Waals surface area contributed by atoms with E-state index >= 15 is 0 Å². The normalized spacial score (nSPS) is 10.6. The Hall–Kier alpha value is -1.88. The summed E-state index contributed by atoms with van der Waals surface area (Å²) in [6.45, 7) is 4.50. The molecule has 0 radical (unpaired) electrons. The van der Waals surface area contributed by atoms with Crippen molar-refractivity contribution in [2.24, 2.45) is 0 Å². The SMILES string of the molecule is CC(C)c1ccc(CCC(=O)NCCOCC(=O)O)cc1. The number of benzene rings is 1. The molecule has 0 heterocycles. The highest BCUT2D eigenvalue weighted by molar-refractivity contribution is 5.76. The fourth-order valence-corrected chi connectivity index (χ4v) is 1.84. The average Bonchev–Trinajstić information content (AvgIpc) is 2.44. The number of carbonyl (C=O) groups is 2. The Morgan fingerprint density at radius 1 is 1.24 bits per heavy atom. The molecule has 0 aliphatic carbocycles. The van der Waals surface area contributed by atoms with E-state index in [4.69, 9.17) is 9.84 Å². The number of aryl methyl sites for hydroxylation is 1. The molecule has 0 saturated heterocycles. The molecule has 5 nitrogen and oxygen atoms in total. The summed E-state index contributed by atoms with van der Waals surface area (Å²) in [7, 11) is 0. The summed E-state index contributed by atoms with van der Waals surface area (Å²) in [6.07, 6.45) is 1.11. The zero-order chi connectivity index (χ0) is 15.7. The summed E-state index contributed by atoms with van der Waals surface area (Å²) in [6, 6.07) is 8.30. The first-order valence-corrected chi connectivity index (χ1v) is 7.14. The molecule has 0 bridgehead atoms. The smallest absolute Gasteiger partial charge is 0.329 e. The van der Waals surface area contributed by atoms with Crippen LogP contribution in [0.15, 0.2) is 24.3 Å². The third-order valence-electron chi connectivity index (χ3n) is 3.08. The van der Waals surface area contributed by atoms with E-state index in [1.165, 1.54) is 5.56 Å². The summed E-state index contributed by atoms with van der Waals surface area (Å²) in [5.41, 5.74) is 2.43. The first-order chi connectivity index (χ1) is 9.99. The molecule has 1 amide bonds. The standard InChI is InChI=1S/C16H23NO4/c1-12(2)14-6-3-13(4-7-14)5-8-15(18)17-9-10-21-11-16(19)20/h3-4,6-7,12H,5,8-11H2,1-2H3,(H,17,18)(H,19,20). The van der Waals surface area contributed by atoms with Crippen molar-refractivity contribution in [1.29, 1.82) is 0 Å². The number of rotatable bonds is 9. The summed E-state index contributed by atoms with van der Waals surface area (Å²) >= 11 is 0. The van der Waals surface area contributed by atoms with Crippen LogP contribution in [0.1, 0.15) is 37.3 Å². The van der Waals surface area contributed by atoms with Gasteiger partial charge in [-0.05, 0) is 23.5 Å². The van der Waals surface area contributed by atoms with Gasteiger partial charge in [0.2, 0.25) is 5.91 Å². The van der Waals surface area contributed by atoms with Crippen LogP contribution in [0.3, 0.4) is 0 Å². The van der Waals surface area contributed by atoms with E-state index < -0.39 is 5.97 Å².